The van der Waals surface area contributed by atoms with Gasteiger partial charge in [-0.1, -0.05) is 127 Å². The summed E-state index contributed by atoms with van der Waals surface area (Å²) >= 11 is 0. The van der Waals surface area contributed by atoms with E-state index in [2.05, 4.69) is 78.5 Å². The summed E-state index contributed by atoms with van der Waals surface area (Å²) in [6.45, 7) is 6.33. The fraction of sp³-hybridized carbons (Fsp3) is 0.0606. The molecule has 0 heterocycles. The molecule has 0 bridgehead atoms. The Balaban J connectivity index is 1.79. The van der Waals surface area contributed by atoms with Gasteiger partial charge in [0.2, 0.25) is 0 Å². The number of hydrogen-bond acceptors (Lipinski definition) is 1. The molecule has 0 aliphatic rings. The molecule has 0 atom stereocenters. The SMILES string of the molecule is C=NC(=NC(=NCc1ccccc1)c1ccc(=C/C)/c(=C\C=C\c2ccccc2)c1)c1ccccc1. The minimum absolute atomic E-state index is 0.521. The van der Waals surface area contributed by atoms with Crippen molar-refractivity contribution in [2.24, 2.45) is 15.0 Å². The first kappa shape index (κ1) is 24.5. The monoisotopic (exact) mass is 467 g/mol. The van der Waals surface area contributed by atoms with Crippen molar-refractivity contribution in [1.29, 1.82) is 0 Å². The first-order chi connectivity index (χ1) is 17.8. The third-order valence-corrected chi connectivity index (χ3v) is 5.67. The van der Waals surface area contributed by atoms with Crippen molar-refractivity contribution in [2.75, 3.05) is 0 Å². The van der Waals surface area contributed by atoms with E-state index in [9.17, 15) is 0 Å². The van der Waals surface area contributed by atoms with E-state index in [1.807, 2.05) is 73.7 Å². The van der Waals surface area contributed by atoms with Crippen molar-refractivity contribution in [2.45, 2.75) is 13.5 Å². The average Bonchev–Trinajstić information content (AvgIpc) is 2.95. The number of amidine groups is 2. The fourth-order valence-electron chi connectivity index (χ4n) is 3.77. The lowest BCUT2D eigenvalue weighted by molar-refractivity contribution is 1.06. The summed E-state index contributed by atoms with van der Waals surface area (Å²) < 4.78 is 0. The van der Waals surface area contributed by atoms with Gasteiger partial charge in [0.25, 0.3) is 0 Å². The predicted molar refractivity (Wildman–Crippen MR) is 155 cm³/mol. The molecule has 0 aliphatic heterocycles. The van der Waals surface area contributed by atoms with Gasteiger partial charge in [-0.15, -0.1) is 0 Å². The molecule has 3 heteroatoms. The summed E-state index contributed by atoms with van der Waals surface area (Å²) in [5, 5.41) is 2.24. The van der Waals surface area contributed by atoms with Gasteiger partial charge in [-0.2, -0.15) is 0 Å². The van der Waals surface area contributed by atoms with Crippen LogP contribution in [0.15, 0.2) is 130 Å². The Morgan fingerprint density at radius 1 is 0.722 bits per heavy atom. The lowest BCUT2D eigenvalue weighted by Gasteiger charge is -2.06. The average molecular weight is 468 g/mol. The van der Waals surface area contributed by atoms with Crippen LogP contribution in [0.5, 0.6) is 0 Å². The van der Waals surface area contributed by atoms with Crippen molar-refractivity contribution in [1.82, 2.24) is 0 Å². The number of hydrogen-bond donors (Lipinski definition) is 0. The molecule has 0 saturated heterocycles. The molecule has 4 aromatic carbocycles. The summed E-state index contributed by atoms with van der Waals surface area (Å²) in [6.07, 6.45) is 8.40. The van der Waals surface area contributed by atoms with Crippen LogP contribution in [0.2, 0.25) is 0 Å². The summed E-state index contributed by atoms with van der Waals surface area (Å²) in [4.78, 5) is 14.0. The van der Waals surface area contributed by atoms with Crippen molar-refractivity contribution >= 4 is 36.6 Å². The molecule has 0 aromatic heterocycles. The maximum atomic E-state index is 4.90. The molecule has 4 rings (SSSR count). The van der Waals surface area contributed by atoms with E-state index in [1.54, 1.807) is 0 Å². The smallest absolute Gasteiger partial charge is 0.161 e. The standard InChI is InChI=1S/C33H29N3/c1-3-28-22-23-31(24-30(28)21-13-18-26-14-7-4-8-15-26)33(35-25-27-16-9-5-10-17-27)36-32(34-2)29-19-11-6-12-20-29/h3-24H,2,25H2,1H3/b18-13+,28-3-,30-21-,35-33?,36-32?. The summed E-state index contributed by atoms with van der Waals surface area (Å²) in [5.74, 6) is 1.16. The van der Waals surface area contributed by atoms with Crippen LogP contribution in [0, 0.1) is 0 Å². The highest BCUT2D eigenvalue weighted by Crippen LogP contribution is 2.09. The van der Waals surface area contributed by atoms with Crippen molar-refractivity contribution in [3.8, 4) is 0 Å². The third-order valence-electron chi connectivity index (χ3n) is 5.67. The molecule has 0 saturated carbocycles. The number of benzene rings is 4. The minimum atomic E-state index is 0.521. The topological polar surface area (TPSA) is 37.1 Å². The largest absolute Gasteiger partial charge is 0.261 e. The molecule has 0 N–H and O–H groups in total. The second-order valence-electron chi connectivity index (χ2n) is 8.15. The molecular formula is C33H29N3. The molecule has 0 aliphatic carbocycles. The van der Waals surface area contributed by atoms with E-state index in [0.29, 0.717) is 18.2 Å². The highest BCUT2D eigenvalue weighted by molar-refractivity contribution is 6.12. The summed E-state index contributed by atoms with van der Waals surface area (Å²) in [6, 6.07) is 36.6. The number of rotatable bonds is 6. The Morgan fingerprint density at radius 2 is 1.39 bits per heavy atom. The van der Waals surface area contributed by atoms with Gasteiger partial charge in [-0.25, -0.2) is 9.98 Å². The summed E-state index contributed by atoms with van der Waals surface area (Å²) in [5.41, 5.74) is 4.10. The maximum Gasteiger partial charge on any atom is 0.161 e. The first-order valence-corrected chi connectivity index (χ1v) is 12.0. The molecule has 4 aromatic rings. The second kappa shape index (κ2) is 12.7. The van der Waals surface area contributed by atoms with Crippen LogP contribution in [-0.4, -0.2) is 18.4 Å². The lowest BCUT2D eigenvalue weighted by atomic mass is 10.1. The highest BCUT2D eigenvalue weighted by atomic mass is 15.0. The Morgan fingerprint density at radius 3 is 2.06 bits per heavy atom. The Bertz CT molecular complexity index is 1500. The normalized spacial score (nSPS) is 13.4. The van der Waals surface area contributed by atoms with Gasteiger partial charge in [0.1, 0.15) is 0 Å². The number of allylic oxidation sites excluding steroid dienone is 1. The Labute approximate surface area is 213 Å². The van der Waals surface area contributed by atoms with Crippen molar-refractivity contribution in [3.05, 3.63) is 148 Å². The van der Waals surface area contributed by atoms with Gasteiger partial charge in [-0.3, -0.25) is 4.99 Å². The first-order valence-electron chi connectivity index (χ1n) is 12.0. The molecule has 3 nitrogen and oxygen atoms in total. The van der Waals surface area contributed by atoms with Gasteiger partial charge >= 0.3 is 0 Å². The van der Waals surface area contributed by atoms with Crippen LogP contribution in [-0.2, 0) is 6.54 Å². The zero-order chi connectivity index (χ0) is 25.0. The van der Waals surface area contributed by atoms with E-state index in [-0.39, 0.29) is 0 Å². The molecule has 0 unspecified atom stereocenters. The van der Waals surface area contributed by atoms with Gasteiger partial charge in [0.05, 0.1) is 6.54 Å². The quantitative estimate of drug-likeness (QED) is 0.244. The van der Waals surface area contributed by atoms with Gasteiger partial charge in [0, 0.05) is 11.1 Å². The van der Waals surface area contributed by atoms with Gasteiger partial charge in [0.15, 0.2) is 11.7 Å². The second-order valence-corrected chi connectivity index (χ2v) is 8.15. The van der Waals surface area contributed by atoms with Crippen LogP contribution in [0.1, 0.15) is 29.2 Å². The summed E-state index contributed by atoms with van der Waals surface area (Å²) in [7, 11) is 0. The van der Waals surface area contributed by atoms with E-state index in [0.717, 1.165) is 32.7 Å². The van der Waals surface area contributed by atoms with Crippen LogP contribution in [0.3, 0.4) is 0 Å². The number of nitrogens with zero attached hydrogens (tertiary/aromatic N) is 3. The van der Waals surface area contributed by atoms with E-state index in [4.69, 9.17) is 9.98 Å². The van der Waals surface area contributed by atoms with Gasteiger partial charge < -0.3 is 0 Å². The third kappa shape index (κ3) is 6.71. The van der Waals surface area contributed by atoms with Crippen LogP contribution < -0.4 is 10.4 Å². The number of aliphatic imine (C=N–C) groups is 3. The molecule has 36 heavy (non-hydrogen) atoms. The molecule has 0 radical (unpaired) electrons. The zero-order valence-electron chi connectivity index (χ0n) is 20.5. The van der Waals surface area contributed by atoms with Crippen LogP contribution in [0.25, 0.3) is 18.2 Å². The highest BCUT2D eigenvalue weighted by Gasteiger charge is 2.07. The minimum Gasteiger partial charge on any atom is -0.261 e. The molecular weight excluding hydrogens is 438 g/mol. The maximum absolute atomic E-state index is 4.90. The van der Waals surface area contributed by atoms with Gasteiger partial charge in [-0.05, 0) is 41.3 Å². The van der Waals surface area contributed by atoms with Crippen LogP contribution in [0.4, 0.5) is 0 Å². The van der Waals surface area contributed by atoms with Crippen molar-refractivity contribution < 1.29 is 0 Å². The fourth-order valence-corrected chi connectivity index (χ4v) is 3.77. The zero-order valence-corrected chi connectivity index (χ0v) is 20.5. The lowest BCUT2D eigenvalue weighted by Crippen LogP contribution is -2.25. The van der Waals surface area contributed by atoms with E-state index < -0.39 is 0 Å². The molecule has 0 amide bonds. The van der Waals surface area contributed by atoms with E-state index >= 15 is 0 Å². The van der Waals surface area contributed by atoms with Crippen LogP contribution >= 0.6 is 0 Å². The van der Waals surface area contributed by atoms with Crippen molar-refractivity contribution in [3.63, 3.8) is 0 Å². The Kier molecular flexibility index (Phi) is 8.66. The molecule has 0 spiro atoms. The molecule has 176 valence electrons. The Hall–Kier alpha value is -4.63. The molecule has 0 fully saturated rings. The predicted octanol–water partition coefficient (Wildman–Crippen LogP) is 6.08. The van der Waals surface area contributed by atoms with E-state index in [1.165, 1.54) is 0 Å².